The molecule has 0 aromatic heterocycles. The van der Waals surface area contributed by atoms with Crippen LogP contribution in [0.1, 0.15) is 37.7 Å². The third kappa shape index (κ3) is 5.30. The lowest BCUT2D eigenvalue weighted by Gasteiger charge is -2.45. The second-order valence-corrected chi connectivity index (χ2v) is 8.41. The fourth-order valence-corrected chi connectivity index (χ4v) is 4.89. The first-order chi connectivity index (χ1) is 12.7. The number of nitrogens with one attached hydrogen (secondary N) is 1. The first-order valence-electron chi connectivity index (χ1n) is 9.96. The molecule has 1 saturated heterocycles. The number of amides is 1. The second-order valence-electron chi connectivity index (χ2n) is 7.85. The number of alkyl halides is 1. The van der Waals surface area contributed by atoms with Crippen molar-refractivity contribution in [3.05, 3.63) is 35.9 Å². The van der Waals surface area contributed by atoms with E-state index >= 15 is 0 Å². The van der Waals surface area contributed by atoms with E-state index in [-0.39, 0.29) is 17.3 Å². The Balaban J connectivity index is 1.68. The zero-order valence-electron chi connectivity index (χ0n) is 15.4. The van der Waals surface area contributed by atoms with Gasteiger partial charge in [0.05, 0.1) is 11.4 Å². The number of carbonyl (C=O) groups is 1. The van der Waals surface area contributed by atoms with Gasteiger partial charge in [0.2, 0.25) is 5.91 Å². The summed E-state index contributed by atoms with van der Waals surface area (Å²) in [4.78, 5) is 14.1. The number of piperidine rings is 1. The molecule has 0 bridgehead atoms. The molecule has 1 aromatic carbocycles. The zero-order chi connectivity index (χ0) is 18.4. The van der Waals surface area contributed by atoms with Crippen LogP contribution >= 0.6 is 15.9 Å². The first-order valence-corrected chi connectivity index (χ1v) is 11.1. The van der Waals surface area contributed by atoms with Crippen molar-refractivity contribution in [2.75, 3.05) is 25.0 Å². The average Bonchev–Trinajstić information content (AvgIpc) is 2.70. The molecule has 4 atom stereocenters. The summed E-state index contributed by atoms with van der Waals surface area (Å²) in [7, 11) is 0. The van der Waals surface area contributed by atoms with Crippen molar-refractivity contribution in [2.24, 2.45) is 11.8 Å². The third-order valence-corrected chi connectivity index (χ3v) is 6.66. The van der Waals surface area contributed by atoms with E-state index in [0.717, 1.165) is 31.3 Å². The van der Waals surface area contributed by atoms with Crippen LogP contribution in [0.5, 0.6) is 0 Å². The number of rotatable bonds is 7. The van der Waals surface area contributed by atoms with Crippen LogP contribution < -0.4 is 5.32 Å². The maximum atomic E-state index is 11.6. The molecule has 3 rings (SSSR count). The highest BCUT2D eigenvalue weighted by molar-refractivity contribution is 9.09. The van der Waals surface area contributed by atoms with Crippen molar-refractivity contribution >= 4 is 21.8 Å². The molecule has 0 spiro atoms. The molecule has 2 N–H and O–H groups in total. The molecule has 4 unspecified atom stereocenters. The summed E-state index contributed by atoms with van der Waals surface area (Å²) in [5, 5.41) is 14.0. The smallest absolute Gasteiger partial charge is 0.230 e. The SMILES string of the molecule is O=C(CBr)NCC(O)C(Cc1ccccc1)N1CCC2CCCCC2C1. The van der Waals surface area contributed by atoms with Gasteiger partial charge in [0.15, 0.2) is 0 Å². The Morgan fingerprint density at radius 2 is 1.92 bits per heavy atom. The lowest BCUT2D eigenvalue weighted by atomic mass is 9.74. The normalized spacial score (nSPS) is 25.9. The number of nitrogens with zero attached hydrogens (tertiary/aromatic N) is 1. The minimum atomic E-state index is -0.557. The molecule has 1 aromatic rings. The van der Waals surface area contributed by atoms with Crippen LogP contribution in [0.25, 0.3) is 0 Å². The zero-order valence-corrected chi connectivity index (χ0v) is 17.0. The monoisotopic (exact) mass is 422 g/mol. The Labute approximate surface area is 165 Å². The van der Waals surface area contributed by atoms with Crippen molar-refractivity contribution in [3.8, 4) is 0 Å². The summed E-state index contributed by atoms with van der Waals surface area (Å²) in [6.07, 6.45) is 6.96. The molecular weight excluding hydrogens is 392 g/mol. The maximum Gasteiger partial charge on any atom is 0.230 e. The topological polar surface area (TPSA) is 52.6 Å². The predicted molar refractivity (Wildman–Crippen MR) is 108 cm³/mol. The Kier molecular flexibility index (Phi) is 7.52. The van der Waals surface area contributed by atoms with Crippen LogP contribution in [-0.4, -0.2) is 53.0 Å². The van der Waals surface area contributed by atoms with Gasteiger partial charge < -0.3 is 10.4 Å². The number of benzene rings is 1. The minimum Gasteiger partial charge on any atom is -0.390 e. The van der Waals surface area contributed by atoms with Crippen molar-refractivity contribution in [1.29, 1.82) is 0 Å². The van der Waals surface area contributed by atoms with Gasteiger partial charge in [-0.3, -0.25) is 9.69 Å². The summed E-state index contributed by atoms with van der Waals surface area (Å²) in [5.41, 5.74) is 1.24. The summed E-state index contributed by atoms with van der Waals surface area (Å²) in [6, 6.07) is 10.4. The largest absolute Gasteiger partial charge is 0.390 e. The molecule has 2 aliphatic rings. The summed E-state index contributed by atoms with van der Waals surface area (Å²) < 4.78 is 0. The molecule has 2 fully saturated rings. The number of carbonyl (C=O) groups excluding carboxylic acids is 1. The fourth-order valence-electron chi connectivity index (χ4n) is 4.70. The van der Waals surface area contributed by atoms with E-state index in [9.17, 15) is 9.90 Å². The van der Waals surface area contributed by atoms with E-state index in [2.05, 4.69) is 50.4 Å². The number of fused-ring (bicyclic) bond motifs is 1. The van der Waals surface area contributed by atoms with Crippen LogP contribution in [-0.2, 0) is 11.2 Å². The van der Waals surface area contributed by atoms with Gasteiger partial charge in [0, 0.05) is 19.1 Å². The van der Waals surface area contributed by atoms with Crippen LogP contribution in [0.3, 0.4) is 0 Å². The average molecular weight is 423 g/mol. The van der Waals surface area contributed by atoms with E-state index in [1.54, 1.807) is 0 Å². The van der Waals surface area contributed by atoms with Gasteiger partial charge in [-0.25, -0.2) is 0 Å². The standard InChI is InChI=1S/C21H31BrN2O2/c22-13-21(26)23-14-20(25)19(12-16-6-2-1-3-7-16)24-11-10-17-8-4-5-9-18(17)15-24/h1-3,6-7,17-20,25H,4-5,8-15H2,(H,23,26). The van der Waals surface area contributed by atoms with E-state index in [0.29, 0.717) is 6.54 Å². The van der Waals surface area contributed by atoms with Gasteiger partial charge in [-0.2, -0.15) is 0 Å². The Morgan fingerprint density at radius 1 is 1.19 bits per heavy atom. The van der Waals surface area contributed by atoms with Crippen molar-refractivity contribution in [2.45, 2.75) is 50.7 Å². The molecule has 0 radical (unpaired) electrons. The lowest BCUT2D eigenvalue weighted by molar-refractivity contribution is -0.119. The van der Waals surface area contributed by atoms with Crippen LogP contribution in [0.15, 0.2) is 30.3 Å². The van der Waals surface area contributed by atoms with Gasteiger partial charge in [-0.1, -0.05) is 65.5 Å². The highest BCUT2D eigenvalue weighted by Crippen LogP contribution is 2.37. The van der Waals surface area contributed by atoms with E-state index in [1.165, 1.54) is 37.7 Å². The third-order valence-electron chi connectivity index (χ3n) is 6.15. The molecule has 1 saturated carbocycles. The van der Waals surface area contributed by atoms with E-state index in [1.807, 2.05) is 6.07 Å². The van der Waals surface area contributed by atoms with Gasteiger partial charge in [0.25, 0.3) is 0 Å². The van der Waals surface area contributed by atoms with Crippen LogP contribution in [0.4, 0.5) is 0 Å². The summed E-state index contributed by atoms with van der Waals surface area (Å²) in [6.45, 7) is 2.46. The molecule has 1 aliphatic heterocycles. The maximum absolute atomic E-state index is 11.6. The molecular formula is C21H31BrN2O2. The predicted octanol–water partition coefficient (Wildman–Crippen LogP) is 2.98. The number of aliphatic hydroxyl groups is 1. The Hall–Kier alpha value is -0.910. The van der Waals surface area contributed by atoms with Crippen LogP contribution in [0.2, 0.25) is 0 Å². The number of aliphatic hydroxyl groups excluding tert-OH is 1. The Morgan fingerprint density at radius 3 is 2.65 bits per heavy atom. The van der Waals surface area contributed by atoms with E-state index < -0.39 is 6.10 Å². The van der Waals surface area contributed by atoms with Gasteiger partial charge in [-0.05, 0) is 43.2 Å². The van der Waals surface area contributed by atoms with Gasteiger partial charge >= 0.3 is 0 Å². The number of hydrogen-bond acceptors (Lipinski definition) is 3. The molecule has 4 nitrogen and oxygen atoms in total. The summed E-state index contributed by atoms with van der Waals surface area (Å²) in [5.74, 6) is 1.58. The molecule has 1 heterocycles. The van der Waals surface area contributed by atoms with Gasteiger partial charge in [0.1, 0.15) is 0 Å². The van der Waals surface area contributed by atoms with Crippen molar-refractivity contribution < 1.29 is 9.90 Å². The number of halogens is 1. The van der Waals surface area contributed by atoms with Crippen molar-refractivity contribution in [3.63, 3.8) is 0 Å². The molecule has 1 aliphatic carbocycles. The number of hydrogen-bond donors (Lipinski definition) is 2. The van der Waals surface area contributed by atoms with Crippen LogP contribution in [0, 0.1) is 11.8 Å². The van der Waals surface area contributed by atoms with Gasteiger partial charge in [-0.15, -0.1) is 0 Å². The molecule has 1 amide bonds. The fraction of sp³-hybridized carbons (Fsp3) is 0.667. The first kappa shape index (κ1) is 19.8. The second kappa shape index (κ2) is 9.86. The molecule has 26 heavy (non-hydrogen) atoms. The number of likely N-dealkylation sites (tertiary alicyclic amines) is 1. The van der Waals surface area contributed by atoms with Crippen molar-refractivity contribution in [1.82, 2.24) is 10.2 Å². The molecule has 5 heteroatoms. The summed E-state index contributed by atoms with van der Waals surface area (Å²) >= 11 is 3.17. The quantitative estimate of drug-likeness (QED) is 0.663. The highest BCUT2D eigenvalue weighted by Gasteiger charge is 2.36. The lowest BCUT2D eigenvalue weighted by Crippen LogP contribution is -2.54. The Bertz CT molecular complexity index is 568. The van der Waals surface area contributed by atoms with E-state index in [4.69, 9.17) is 0 Å². The minimum absolute atomic E-state index is 0.0518. The molecule has 144 valence electrons. The highest BCUT2D eigenvalue weighted by atomic mass is 79.9.